The topological polar surface area (TPSA) is 0 Å². The van der Waals surface area contributed by atoms with Gasteiger partial charge in [-0.05, 0) is 43.2 Å². The summed E-state index contributed by atoms with van der Waals surface area (Å²) in [6, 6.07) is 2.42. The molecule has 1 aromatic rings. The Bertz CT molecular complexity index is 367. The molecule has 98 valence electrons. The minimum Gasteiger partial charge on any atom is -0.144 e. The van der Waals surface area contributed by atoms with Crippen LogP contribution < -0.4 is 0 Å². The Kier molecular flexibility index (Phi) is 4.46. The summed E-state index contributed by atoms with van der Waals surface area (Å²) in [5.41, 5.74) is 2.20. The highest BCUT2D eigenvalue weighted by Gasteiger charge is 2.29. The third-order valence-corrected chi connectivity index (χ3v) is 6.49. The summed E-state index contributed by atoms with van der Waals surface area (Å²) in [6.07, 6.45) is 3.68. The van der Waals surface area contributed by atoms with E-state index in [9.17, 15) is 0 Å². The predicted octanol–water partition coefficient (Wildman–Crippen LogP) is 5.82. The van der Waals surface area contributed by atoms with Gasteiger partial charge in [0.15, 0.2) is 0 Å². The van der Waals surface area contributed by atoms with E-state index >= 15 is 0 Å². The second-order valence-corrected chi connectivity index (χ2v) is 7.18. The van der Waals surface area contributed by atoms with E-state index in [2.05, 4.69) is 54.5 Å². The quantitative estimate of drug-likeness (QED) is 0.619. The first-order valence-electron chi connectivity index (χ1n) is 6.92. The third kappa shape index (κ3) is 2.76. The highest BCUT2D eigenvalue weighted by molar-refractivity contribution is 7.12. The lowest BCUT2D eigenvalue weighted by Gasteiger charge is -2.27. The fourth-order valence-electron chi connectivity index (χ4n) is 2.16. The van der Waals surface area contributed by atoms with E-state index in [1.54, 1.807) is 9.75 Å². The Morgan fingerprint density at radius 2 is 1.53 bits per heavy atom. The van der Waals surface area contributed by atoms with Crippen molar-refractivity contribution in [1.29, 1.82) is 0 Å². The molecule has 0 nitrogen and oxygen atoms in total. The number of aryl methyl sites for hydroxylation is 1. The van der Waals surface area contributed by atoms with E-state index in [-0.39, 0.29) is 0 Å². The molecule has 1 heterocycles. The maximum Gasteiger partial charge on any atom is 0.0136 e. The minimum atomic E-state index is 0.329. The first-order chi connectivity index (χ1) is 7.80. The van der Waals surface area contributed by atoms with Gasteiger partial charge < -0.3 is 0 Å². The SMILES string of the molecule is CCC(C)(C)c1cc(C)c(C(C)(CC)CC)s1. The molecule has 1 rings (SSSR count). The van der Waals surface area contributed by atoms with Gasteiger partial charge in [0.05, 0.1) is 0 Å². The van der Waals surface area contributed by atoms with Crippen molar-refractivity contribution in [2.24, 2.45) is 0 Å². The number of thiophene rings is 1. The summed E-state index contributed by atoms with van der Waals surface area (Å²) in [6.45, 7) is 16.3. The number of hydrogen-bond acceptors (Lipinski definition) is 1. The van der Waals surface area contributed by atoms with Gasteiger partial charge in [-0.2, -0.15) is 0 Å². The fraction of sp³-hybridized carbons (Fsp3) is 0.750. The Labute approximate surface area is 111 Å². The van der Waals surface area contributed by atoms with Gasteiger partial charge in [-0.25, -0.2) is 0 Å². The number of hydrogen-bond donors (Lipinski definition) is 0. The van der Waals surface area contributed by atoms with Crippen molar-refractivity contribution < 1.29 is 0 Å². The molecule has 0 radical (unpaired) electrons. The van der Waals surface area contributed by atoms with E-state index < -0.39 is 0 Å². The zero-order valence-corrected chi connectivity index (χ0v) is 13.4. The van der Waals surface area contributed by atoms with Crippen LogP contribution in [0.3, 0.4) is 0 Å². The van der Waals surface area contributed by atoms with Crippen molar-refractivity contribution in [1.82, 2.24) is 0 Å². The average Bonchev–Trinajstić information content (AvgIpc) is 2.71. The summed E-state index contributed by atoms with van der Waals surface area (Å²) in [5, 5.41) is 0. The van der Waals surface area contributed by atoms with E-state index in [1.165, 1.54) is 24.8 Å². The van der Waals surface area contributed by atoms with Gasteiger partial charge in [0, 0.05) is 15.2 Å². The minimum absolute atomic E-state index is 0.329. The van der Waals surface area contributed by atoms with Crippen LogP contribution in [-0.2, 0) is 10.8 Å². The van der Waals surface area contributed by atoms with Gasteiger partial charge >= 0.3 is 0 Å². The Hall–Kier alpha value is -0.300. The molecular formula is C16H28S. The smallest absolute Gasteiger partial charge is 0.0136 e. The van der Waals surface area contributed by atoms with Crippen LogP contribution in [0.1, 0.15) is 76.1 Å². The van der Waals surface area contributed by atoms with Crippen LogP contribution in [0.4, 0.5) is 0 Å². The van der Waals surface area contributed by atoms with Gasteiger partial charge in [0.2, 0.25) is 0 Å². The normalized spacial score (nSPS) is 13.1. The summed E-state index contributed by atoms with van der Waals surface area (Å²) >= 11 is 2.05. The predicted molar refractivity (Wildman–Crippen MR) is 80.3 cm³/mol. The molecule has 0 amide bonds. The zero-order valence-electron chi connectivity index (χ0n) is 12.6. The zero-order chi connectivity index (χ0) is 13.3. The first-order valence-corrected chi connectivity index (χ1v) is 7.73. The van der Waals surface area contributed by atoms with Crippen molar-refractivity contribution in [3.8, 4) is 0 Å². The summed E-state index contributed by atoms with van der Waals surface area (Å²) in [4.78, 5) is 3.17. The molecule has 0 unspecified atom stereocenters. The fourth-order valence-corrected chi connectivity index (χ4v) is 3.79. The lowest BCUT2D eigenvalue weighted by Crippen LogP contribution is -2.19. The van der Waals surface area contributed by atoms with Crippen molar-refractivity contribution in [3.05, 3.63) is 21.4 Å². The van der Waals surface area contributed by atoms with E-state index in [0.29, 0.717) is 10.8 Å². The van der Waals surface area contributed by atoms with Crippen molar-refractivity contribution in [3.63, 3.8) is 0 Å². The van der Waals surface area contributed by atoms with Crippen LogP contribution in [0.25, 0.3) is 0 Å². The Morgan fingerprint density at radius 1 is 1.00 bits per heavy atom. The lowest BCUT2D eigenvalue weighted by molar-refractivity contribution is 0.446. The van der Waals surface area contributed by atoms with Crippen LogP contribution in [0.15, 0.2) is 6.07 Å². The van der Waals surface area contributed by atoms with Crippen molar-refractivity contribution in [2.75, 3.05) is 0 Å². The molecule has 0 bridgehead atoms. The van der Waals surface area contributed by atoms with Crippen LogP contribution in [-0.4, -0.2) is 0 Å². The standard InChI is InChI=1S/C16H28S/c1-8-15(5,6)13-11-12(4)14(17-13)16(7,9-2)10-3/h11H,8-10H2,1-7H3. The molecule has 0 aromatic carbocycles. The first kappa shape index (κ1) is 14.8. The second-order valence-electron chi connectivity index (χ2n) is 6.13. The molecule has 1 aromatic heterocycles. The van der Waals surface area contributed by atoms with Crippen LogP contribution in [0, 0.1) is 6.92 Å². The van der Waals surface area contributed by atoms with Crippen LogP contribution in [0.5, 0.6) is 0 Å². The maximum atomic E-state index is 2.42. The maximum absolute atomic E-state index is 2.42. The lowest BCUT2D eigenvalue weighted by atomic mass is 9.81. The van der Waals surface area contributed by atoms with Gasteiger partial charge in [0.1, 0.15) is 0 Å². The van der Waals surface area contributed by atoms with E-state index in [1.807, 2.05) is 11.3 Å². The molecular weight excluding hydrogens is 224 g/mol. The Balaban J connectivity index is 3.21. The van der Waals surface area contributed by atoms with Crippen LogP contribution in [0.2, 0.25) is 0 Å². The highest BCUT2D eigenvalue weighted by Crippen LogP contribution is 2.42. The molecule has 17 heavy (non-hydrogen) atoms. The molecule has 0 saturated carbocycles. The molecule has 0 aliphatic rings. The monoisotopic (exact) mass is 252 g/mol. The highest BCUT2D eigenvalue weighted by atomic mass is 32.1. The summed E-state index contributed by atoms with van der Waals surface area (Å²) < 4.78 is 0. The molecule has 0 saturated heterocycles. The third-order valence-electron chi connectivity index (χ3n) is 4.58. The molecule has 0 aliphatic heterocycles. The molecule has 0 fully saturated rings. The van der Waals surface area contributed by atoms with E-state index in [0.717, 1.165) is 0 Å². The van der Waals surface area contributed by atoms with Crippen molar-refractivity contribution >= 4 is 11.3 Å². The van der Waals surface area contributed by atoms with Gasteiger partial charge in [0.25, 0.3) is 0 Å². The second kappa shape index (κ2) is 5.14. The summed E-state index contributed by atoms with van der Waals surface area (Å²) in [5.74, 6) is 0. The van der Waals surface area contributed by atoms with Gasteiger partial charge in [-0.1, -0.05) is 41.5 Å². The van der Waals surface area contributed by atoms with Crippen LogP contribution >= 0.6 is 11.3 Å². The van der Waals surface area contributed by atoms with Gasteiger partial charge in [-0.3, -0.25) is 0 Å². The molecule has 0 N–H and O–H groups in total. The average molecular weight is 252 g/mol. The molecule has 0 atom stereocenters. The van der Waals surface area contributed by atoms with Gasteiger partial charge in [-0.15, -0.1) is 11.3 Å². The number of rotatable bonds is 5. The molecule has 0 spiro atoms. The van der Waals surface area contributed by atoms with Crippen molar-refractivity contribution in [2.45, 2.75) is 78.6 Å². The largest absolute Gasteiger partial charge is 0.144 e. The molecule has 0 aliphatic carbocycles. The Morgan fingerprint density at radius 3 is 1.94 bits per heavy atom. The summed E-state index contributed by atoms with van der Waals surface area (Å²) in [7, 11) is 0. The van der Waals surface area contributed by atoms with E-state index in [4.69, 9.17) is 0 Å². The molecule has 1 heteroatoms.